The number of aliphatic hydroxyl groups is 2. The van der Waals surface area contributed by atoms with E-state index >= 15 is 0 Å². The molecule has 0 aromatic carbocycles. The van der Waals surface area contributed by atoms with E-state index in [-0.39, 0.29) is 12.6 Å². The lowest BCUT2D eigenvalue weighted by Crippen LogP contribution is -2.34. The molecule has 1 fully saturated rings. The largest absolute Gasteiger partial charge is 0.463 e. The molecule has 1 saturated heterocycles. The second-order valence-corrected chi connectivity index (χ2v) is 8.16. The fraction of sp³-hybridized carbons (Fsp3) is 0.714. The third kappa shape index (κ3) is 5.50. The van der Waals surface area contributed by atoms with Crippen LogP contribution in [0.2, 0.25) is 0 Å². The minimum Gasteiger partial charge on any atom is -0.463 e. The molecule has 4 atom stereocenters. The first-order valence-electron chi connectivity index (χ1n) is 11.0. The monoisotopic (exact) mass is 435 g/mol. The number of imidazole rings is 1. The second kappa shape index (κ2) is 10.8. The fourth-order valence-corrected chi connectivity index (χ4v) is 3.75. The van der Waals surface area contributed by atoms with Crippen molar-refractivity contribution in [3.05, 3.63) is 12.7 Å². The SMILES string of the molecule is CCCCCCCCC(=O)OC[C@H]1O[C@@H](n2cnc3c(N(C)C)ncnc32)[C@H](O)[C@@H]1O. The summed E-state index contributed by atoms with van der Waals surface area (Å²) >= 11 is 0. The van der Waals surface area contributed by atoms with E-state index in [0.717, 1.165) is 19.3 Å². The number of ether oxygens (including phenoxy) is 2. The Morgan fingerprint density at radius 2 is 1.87 bits per heavy atom. The molecule has 10 nitrogen and oxygen atoms in total. The van der Waals surface area contributed by atoms with Crippen LogP contribution >= 0.6 is 0 Å². The number of hydrogen-bond donors (Lipinski definition) is 2. The maximum atomic E-state index is 12.0. The first-order valence-corrected chi connectivity index (χ1v) is 11.0. The Balaban J connectivity index is 1.55. The smallest absolute Gasteiger partial charge is 0.305 e. The summed E-state index contributed by atoms with van der Waals surface area (Å²) in [6.07, 6.45) is 5.64. The van der Waals surface area contributed by atoms with Gasteiger partial charge in [0.25, 0.3) is 0 Å². The molecule has 10 heteroatoms. The van der Waals surface area contributed by atoms with Crippen molar-refractivity contribution in [3.8, 4) is 0 Å². The zero-order valence-electron chi connectivity index (χ0n) is 18.5. The van der Waals surface area contributed by atoms with Crippen molar-refractivity contribution in [2.45, 2.75) is 76.4 Å². The van der Waals surface area contributed by atoms with Crippen molar-refractivity contribution >= 4 is 23.0 Å². The zero-order valence-corrected chi connectivity index (χ0v) is 18.5. The standard InChI is InChI=1S/C21H33N5O5/c1-4-5-6-7-8-9-10-15(27)30-11-14-17(28)18(29)21(31-14)26-13-24-16-19(25(2)3)22-12-23-20(16)26/h12-14,17-18,21,28-29H,4-11H2,1-3H3/t14-,17-,18-,21-/m1/s1. The zero-order chi connectivity index (χ0) is 22.4. The number of esters is 1. The van der Waals surface area contributed by atoms with Crippen molar-refractivity contribution in [1.29, 1.82) is 0 Å². The van der Waals surface area contributed by atoms with Gasteiger partial charge in [0.2, 0.25) is 0 Å². The van der Waals surface area contributed by atoms with Gasteiger partial charge in [0.05, 0.1) is 6.33 Å². The van der Waals surface area contributed by atoms with Crippen molar-refractivity contribution in [1.82, 2.24) is 19.5 Å². The van der Waals surface area contributed by atoms with Crippen LogP contribution in [-0.2, 0) is 14.3 Å². The Kier molecular flexibility index (Phi) is 8.16. The summed E-state index contributed by atoms with van der Waals surface area (Å²) in [7, 11) is 3.70. The average molecular weight is 436 g/mol. The van der Waals surface area contributed by atoms with E-state index in [1.165, 1.54) is 31.9 Å². The summed E-state index contributed by atoms with van der Waals surface area (Å²) in [5.74, 6) is 0.317. The topological polar surface area (TPSA) is 123 Å². The van der Waals surface area contributed by atoms with E-state index in [0.29, 0.717) is 23.4 Å². The van der Waals surface area contributed by atoms with Crippen LogP contribution in [0.15, 0.2) is 12.7 Å². The van der Waals surface area contributed by atoms with Crippen LogP contribution < -0.4 is 4.90 Å². The molecule has 0 aliphatic carbocycles. The van der Waals surface area contributed by atoms with Gasteiger partial charge in [0.15, 0.2) is 23.2 Å². The van der Waals surface area contributed by atoms with Gasteiger partial charge in [0, 0.05) is 20.5 Å². The highest BCUT2D eigenvalue weighted by atomic mass is 16.6. The molecular weight excluding hydrogens is 402 g/mol. The van der Waals surface area contributed by atoms with Gasteiger partial charge in [-0.15, -0.1) is 0 Å². The lowest BCUT2D eigenvalue weighted by atomic mass is 10.1. The van der Waals surface area contributed by atoms with Crippen molar-refractivity contribution in [2.24, 2.45) is 0 Å². The average Bonchev–Trinajstić information content (AvgIpc) is 3.30. The van der Waals surface area contributed by atoms with E-state index < -0.39 is 24.5 Å². The molecule has 172 valence electrons. The molecule has 0 spiro atoms. The van der Waals surface area contributed by atoms with Gasteiger partial charge in [-0.1, -0.05) is 39.0 Å². The predicted octanol–water partition coefficient (Wildman–Crippen LogP) is 1.81. The van der Waals surface area contributed by atoms with Crippen LogP contribution in [0.5, 0.6) is 0 Å². The Labute approximate surface area is 182 Å². The molecule has 2 aromatic heterocycles. The first-order chi connectivity index (χ1) is 14.9. The number of aliphatic hydroxyl groups excluding tert-OH is 2. The summed E-state index contributed by atoms with van der Waals surface area (Å²) in [6, 6.07) is 0. The van der Waals surface area contributed by atoms with E-state index in [1.54, 1.807) is 4.57 Å². The first kappa shape index (κ1) is 23.4. The Hall–Kier alpha value is -2.30. The van der Waals surface area contributed by atoms with E-state index in [2.05, 4.69) is 21.9 Å². The lowest BCUT2D eigenvalue weighted by molar-refractivity contribution is -0.150. The number of fused-ring (bicyclic) bond motifs is 1. The number of rotatable bonds is 11. The van der Waals surface area contributed by atoms with Crippen molar-refractivity contribution in [2.75, 3.05) is 25.6 Å². The summed E-state index contributed by atoms with van der Waals surface area (Å²) in [5.41, 5.74) is 1.04. The maximum absolute atomic E-state index is 12.0. The van der Waals surface area contributed by atoms with E-state index in [1.807, 2.05) is 19.0 Å². The number of hydrogen-bond acceptors (Lipinski definition) is 9. The van der Waals surface area contributed by atoms with Crippen LogP contribution in [0.3, 0.4) is 0 Å². The molecule has 3 heterocycles. The second-order valence-electron chi connectivity index (χ2n) is 8.16. The quantitative estimate of drug-likeness (QED) is 0.402. The van der Waals surface area contributed by atoms with Gasteiger partial charge in [-0.2, -0.15) is 0 Å². The summed E-state index contributed by atoms with van der Waals surface area (Å²) in [5, 5.41) is 20.9. The number of aromatic nitrogens is 4. The summed E-state index contributed by atoms with van der Waals surface area (Å²) in [4.78, 5) is 26.6. The van der Waals surface area contributed by atoms with Crippen molar-refractivity contribution < 1.29 is 24.5 Å². The van der Waals surface area contributed by atoms with Gasteiger partial charge in [-0.3, -0.25) is 9.36 Å². The van der Waals surface area contributed by atoms with Crippen LogP contribution in [0, 0.1) is 0 Å². The molecule has 0 amide bonds. The number of carbonyl (C=O) groups is 1. The molecule has 0 radical (unpaired) electrons. The molecule has 0 bridgehead atoms. The molecule has 3 rings (SSSR count). The molecule has 2 aromatic rings. The normalized spacial score (nSPS) is 23.4. The predicted molar refractivity (Wildman–Crippen MR) is 115 cm³/mol. The molecule has 0 saturated carbocycles. The van der Waals surface area contributed by atoms with Gasteiger partial charge < -0.3 is 24.6 Å². The number of carbonyl (C=O) groups excluding carboxylic acids is 1. The maximum Gasteiger partial charge on any atom is 0.305 e. The Bertz CT molecular complexity index is 858. The summed E-state index contributed by atoms with van der Waals surface area (Å²) < 4.78 is 12.7. The van der Waals surface area contributed by atoms with E-state index in [9.17, 15) is 15.0 Å². The van der Waals surface area contributed by atoms with Gasteiger partial charge in [0.1, 0.15) is 31.2 Å². The van der Waals surface area contributed by atoms with Crippen LogP contribution in [0.25, 0.3) is 11.2 Å². The minimum absolute atomic E-state index is 0.117. The number of unbranched alkanes of at least 4 members (excludes halogenated alkanes) is 5. The van der Waals surface area contributed by atoms with Crippen molar-refractivity contribution in [3.63, 3.8) is 0 Å². The number of nitrogens with zero attached hydrogens (tertiary/aromatic N) is 5. The highest BCUT2D eigenvalue weighted by Crippen LogP contribution is 2.32. The third-order valence-corrected chi connectivity index (χ3v) is 5.52. The molecule has 2 N–H and O–H groups in total. The Morgan fingerprint density at radius 3 is 2.61 bits per heavy atom. The van der Waals surface area contributed by atoms with Gasteiger partial charge >= 0.3 is 5.97 Å². The van der Waals surface area contributed by atoms with Gasteiger partial charge in [-0.05, 0) is 6.42 Å². The molecule has 1 aliphatic rings. The Morgan fingerprint density at radius 1 is 1.13 bits per heavy atom. The molecule has 0 unspecified atom stereocenters. The van der Waals surface area contributed by atoms with Crippen LogP contribution in [0.4, 0.5) is 5.82 Å². The highest BCUT2D eigenvalue weighted by Gasteiger charge is 2.45. The number of anilines is 1. The summed E-state index contributed by atoms with van der Waals surface area (Å²) in [6.45, 7) is 2.05. The fourth-order valence-electron chi connectivity index (χ4n) is 3.75. The third-order valence-electron chi connectivity index (χ3n) is 5.52. The lowest BCUT2D eigenvalue weighted by Gasteiger charge is -2.17. The van der Waals surface area contributed by atoms with Gasteiger partial charge in [-0.25, -0.2) is 15.0 Å². The minimum atomic E-state index is -1.21. The molecular formula is C21H33N5O5. The molecule has 1 aliphatic heterocycles. The van der Waals surface area contributed by atoms with Crippen LogP contribution in [0.1, 0.15) is 58.1 Å². The molecule has 31 heavy (non-hydrogen) atoms. The van der Waals surface area contributed by atoms with E-state index in [4.69, 9.17) is 9.47 Å². The van der Waals surface area contributed by atoms with Crippen LogP contribution in [-0.4, -0.2) is 74.7 Å². The highest BCUT2D eigenvalue weighted by molar-refractivity contribution is 5.83.